The Kier molecular flexibility index (Phi) is 9.11. The molecule has 0 unspecified atom stereocenters. The number of carbonyl (C=O) groups is 2. The number of nitrogens with zero attached hydrogens (tertiary/aromatic N) is 4. The summed E-state index contributed by atoms with van der Waals surface area (Å²) in [6, 6.07) is 19.5. The second kappa shape index (κ2) is 12.9. The Hall–Kier alpha value is -4.44. The molecular formula is C32H34N4O3. The van der Waals surface area contributed by atoms with Gasteiger partial charge in [-0.15, -0.1) is 0 Å². The number of rotatable bonds is 11. The van der Waals surface area contributed by atoms with E-state index in [-0.39, 0.29) is 12.1 Å². The monoisotopic (exact) mass is 522 g/mol. The fourth-order valence-electron chi connectivity index (χ4n) is 4.57. The summed E-state index contributed by atoms with van der Waals surface area (Å²) in [6.07, 6.45) is 8.79. The lowest BCUT2D eigenvalue weighted by Gasteiger charge is -2.27. The molecule has 0 bridgehead atoms. The maximum absolute atomic E-state index is 13.4. The smallest absolute Gasteiger partial charge is 0.271 e. The van der Waals surface area contributed by atoms with Gasteiger partial charge >= 0.3 is 0 Å². The van der Waals surface area contributed by atoms with Crippen LogP contribution in [-0.2, 0) is 9.59 Å². The number of amides is 2. The fraction of sp³-hybridized carbons (Fsp3) is 0.312. The number of benzene rings is 2. The van der Waals surface area contributed by atoms with Gasteiger partial charge in [0.15, 0.2) is 0 Å². The molecule has 0 spiro atoms. The zero-order valence-electron chi connectivity index (χ0n) is 22.8. The quantitative estimate of drug-likeness (QED) is 0.163. The highest BCUT2D eigenvalue weighted by atomic mass is 16.5. The van der Waals surface area contributed by atoms with Crippen LogP contribution in [0.3, 0.4) is 0 Å². The molecule has 2 heterocycles. The van der Waals surface area contributed by atoms with Gasteiger partial charge < -0.3 is 4.74 Å². The van der Waals surface area contributed by atoms with E-state index in [1.54, 1.807) is 17.7 Å². The first kappa shape index (κ1) is 27.6. The lowest BCUT2D eigenvalue weighted by molar-refractivity contribution is -0.140. The standard InChI is InChI=1S/C32H34N4O3/c1-4-6-7-11-19-39-27-16-14-24(15-17-27)30-25(22-36(34-30)26-12-9-8-10-13-26)20-28-23(3)29(21-33)32(38)35(18-5-2)31(28)37/h8-10,12-17,20,22H,4-7,11,18-19H2,1-3H3/b28-20+. The van der Waals surface area contributed by atoms with Crippen LogP contribution < -0.4 is 4.74 Å². The zero-order valence-corrected chi connectivity index (χ0v) is 22.8. The minimum Gasteiger partial charge on any atom is -0.494 e. The largest absolute Gasteiger partial charge is 0.494 e. The van der Waals surface area contributed by atoms with Crippen LogP contribution in [0.25, 0.3) is 23.0 Å². The molecule has 2 amide bonds. The molecule has 0 fully saturated rings. The van der Waals surface area contributed by atoms with Gasteiger partial charge in [-0.25, -0.2) is 4.68 Å². The van der Waals surface area contributed by atoms with E-state index in [1.165, 1.54) is 12.8 Å². The van der Waals surface area contributed by atoms with Crippen LogP contribution in [0.1, 0.15) is 58.4 Å². The number of nitriles is 1. The number of carbonyl (C=O) groups excluding carboxylic acids is 2. The highest BCUT2D eigenvalue weighted by Gasteiger charge is 2.35. The van der Waals surface area contributed by atoms with Crippen molar-refractivity contribution in [3.8, 4) is 28.8 Å². The number of unbranched alkanes of at least 4 members (excludes halogenated alkanes) is 3. The summed E-state index contributed by atoms with van der Waals surface area (Å²) >= 11 is 0. The van der Waals surface area contributed by atoms with Crippen molar-refractivity contribution in [2.45, 2.75) is 52.9 Å². The average molecular weight is 523 g/mol. The predicted molar refractivity (Wildman–Crippen MR) is 152 cm³/mol. The highest BCUT2D eigenvalue weighted by Crippen LogP contribution is 2.32. The molecule has 4 rings (SSSR count). The molecule has 0 atom stereocenters. The van der Waals surface area contributed by atoms with E-state index in [4.69, 9.17) is 9.84 Å². The summed E-state index contributed by atoms with van der Waals surface area (Å²) < 4.78 is 7.68. The Morgan fingerprint density at radius 2 is 1.69 bits per heavy atom. The van der Waals surface area contributed by atoms with Gasteiger partial charge in [0.2, 0.25) is 0 Å². The van der Waals surface area contributed by atoms with Crippen LogP contribution in [0.5, 0.6) is 5.75 Å². The highest BCUT2D eigenvalue weighted by molar-refractivity contribution is 6.19. The molecular weight excluding hydrogens is 488 g/mol. The predicted octanol–water partition coefficient (Wildman–Crippen LogP) is 6.50. The summed E-state index contributed by atoms with van der Waals surface area (Å²) in [5.41, 5.74) is 3.81. The van der Waals surface area contributed by atoms with Crippen LogP contribution in [-0.4, -0.2) is 39.6 Å². The Labute approximate surface area is 230 Å². The second-order valence-corrected chi connectivity index (χ2v) is 9.58. The first-order valence-corrected chi connectivity index (χ1v) is 13.6. The molecule has 39 heavy (non-hydrogen) atoms. The molecule has 1 aliphatic heterocycles. The summed E-state index contributed by atoms with van der Waals surface area (Å²) in [5.74, 6) is -0.140. The molecule has 3 aromatic rings. The Morgan fingerprint density at radius 1 is 0.949 bits per heavy atom. The van der Waals surface area contributed by atoms with Crippen molar-refractivity contribution in [3.63, 3.8) is 0 Å². The molecule has 7 nitrogen and oxygen atoms in total. The molecule has 0 saturated carbocycles. The Morgan fingerprint density at radius 3 is 2.36 bits per heavy atom. The molecule has 0 radical (unpaired) electrons. The van der Waals surface area contributed by atoms with Crippen molar-refractivity contribution in [1.82, 2.24) is 14.7 Å². The summed E-state index contributed by atoms with van der Waals surface area (Å²) in [4.78, 5) is 27.3. The van der Waals surface area contributed by atoms with Crippen LogP contribution in [0, 0.1) is 11.3 Å². The molecule has 0 N–H and O–H groups in total. The lowest BCUT2D eigenvalue weighted by atomic mass is 9.93. The fourth-order valence-corrected chi connectivity index (χ4v) is 4.57. The molecule has 7 heteroatoms. The third kappa shape index (κ3) is 6.18. The van der Waals surface area contributed by atoms with E-state index in [9.17, 15) is 14.9 Å². The molecule has 200 valence electrons. The third-order valence-electron chi connectivity index (χ3n) is 6.73. The van der Waals surface area contributed by atoms with Crippen molar-refractivity contribution in [2.75, 3.05) is 13.2 Å². The number of imide groups is 1. The average Bonchev–Trinajstić information content (AvgIpc) is 3.38. The van der Waals surface area contributed by atoms with E-state index < -0.39 is 11.8 Å². The summed E-state index contributed by atoms with van der Waals surface area (Å²) in [7, 11) is 0. The first-order chi connectivity index (χ1) is 19.0. The van der Waals surface area contributed by atoms with Gasteiger partial charge in [0.1, 0.15) is 17.4 Å². The maximum Gasteiger partial charge on any atom is 0.271 e. The van der Waals surface area contributed by atoms with Crippen molar-refractivity contribution < 1.29 is 14.3 Å². The van der Waals surface area contributed by atoms with E-state index in [2.05, 4.69) is 6.92 Å². The number of hydrogen-bond acceptors (Lipinski definition) is 5. The topological polar surface area (TPSA) is 88.2 Å². The maximum atomic E-state index is 13.4. The lowest BCUT2D eigenvalue weighted by Crippen LogP contribution is -2.43. The van der Waals surface area contributed by atoms with Gasteiger partial charge in [0.25, 0.3) is 11.8 Å². The van der Waals surface area contributed by atoms with Gasteiger partial charge in [-0.1, -0.05) is 51.3 Å². The normalized spacial score (nSPS) is 14.7. The molecule has 2 aromatic carbocycles. The minimum absolute atomic E-state index is 0.00765. The van der Waals surface area contributed by atoms with Crippen molar-refractivity contribution in [1.29, 1.82) is 5.26 Å². The summed E-state index contributed by atoms with van der Waals surface area (Å²) in [6.45, 7) is 6.66. The van der Waals surface area contributed by atoms with Gasteiger partial charge in [-0.05, 0) is 67.8 Å². The Bertz CT molecular complexity index is 1430. The third-order valence-corrected chi connectivity index (χ3v) is 6.73. The first-order valence-electron chi connectivity index (χ1n) is 13.6. The minimum atomic E-state index is -0.538. The van der Waals surface area contributed by atoms with Gasteiger partial charge in [-0.2, -0.15) is 10.4 Å². The van der Waals surface area contributed by atoms with Gasteiger partial charge in [0.05, 0.1) is 18.0 Å². The van der Waals surface area contributed by atoms with Gasteiger partial charge in [0, 0.05) is 29.4 Å². The number of para-hydroxylation sites is 1. The van der Waals surface area contributed by atoms with E-state index in [0.29, 0.717) is 35.4 Å². The SMILES string of the molecule is CCCCCCOc1ccc(-c2nn(-c3ccccc3)cc2/C=C2/C(=O)N(CCC)C(=O)C(C#N)=C2C)cc1. The molecule has 0 aliphatic carbocycles. The van der Waals surface area contributed by atoms with E-state index in [1.807, 2.05) is 73.8 Å². The van der Waals surface area contributed by atoms with Crippen molar-refractivity contribution in [2.24, 2.45) is 0 Å². The van der Waals surface area contributed by atoms with E-state index >= 15 is 0 Å². The summed E-state index contributed by atoms with van der Waals surface area (Å²) in [5, 5.41) is 14.5. The van der Waals surface area contributed by atoms with Crippen LogP contribution in [0.2, 0.25) is 0 Å². The molecule has 1 aliphatic rings. The molecule has 1 aromatic heterocycles. The van der Waals surface area contributed by atoms with E-state index in [0.717, 1.165) is 34.7 Å². The van der Waals surface area contributed by atoms with Crippen LogP contribution in [0.4, 0.5) is 0 Å². The van der Waals surface area contributed by atoms with Crippen molar-refractivity contribution >= 4 is 17.9 Å². The number of ether oxygens (including phenoxy) is 1. The van der Waals surface area contributed by atoms with Gasteiger partial charge in [-0.3, -0.25) is 14.5 Å². The van der Waals surface area contributed by atoms with Crippen LogP contribution >= 0.6 is 0 Å². The number of aromatic nitrogens is 2. The van der Waals surface area contributed by atoms with Crippen LogP contribution in [0.15, 0.2) is 77.5 Å². The molecule has 0 saturated heterocycles. The Balaban J connectivity index is 1.74. The number of hydrogen-bond donors (Lipinski definition) is 0. The second-order valence-electron chi connectivity index (χ2n) is 9.58. The van der Waals surface area contributed by atoms with Crippen molar-refractivity contribution in [3.05, 3.63) is 83.1 Å². The zero-order chi connectivity index (χ0) is 27.8.